The van der Waals surface area contributed by atoms with Gasteiger partial charge in [0.2, 0.25) is 0 Å². The number of benzene rings is 1. The van der Waals surface area contributed by atoms with Crippen molar-refractivity contribution in [1.82, 2.24) is 5.32 Å². The second kappa shape index (κ2) is 4.97. The standard InChI is InChI=1S/C13H16Cl3N/c1-13(2,8-3-4-8)17-7-9-10(14)5-6-11(15)12(9)16/h5-6,8,17H,3-4,7H2,1-2H3. The van der Waals surface area contributed by atoms with Gasteiger partial charge in [-0.25, -0.2) is 0 Å². The molecular weight excluding hydrogens is 277 g/mol. The van der Waals surface area contributed by atoms with Crippen LogP contribution >= 0.6 is 34.8 Å². The van der Waals surface area contributed by atoms with Gasteiger partial charge in [0.05, 0.1) is 10.0 Å². The number of halogens is 3. The molecule has 94 valence electrons. The summed E-state index contributed by atoms with van der Waals surface area (Å²) in [5, 5.41) is 5.29. The van der Waals surface area contributed by atoms with Gasteiger partial charge in [0.1, 0.15) is 0 Å². The lowest BCUT2D eigenvalue weighted by Gasteiger charge is -2.27. The lowest BCUT2D eigenvalue weighted by Crippen LogP contribution is -2.40. The van der Waals surface area contributed by atoms with Crippen molar-refractivity contribution in [3.8, 4) is 0 Å². The molecule has 0 aliphatic heterocycles. The minimum Gasteiger partial charge on any atom is -0.307 e. The van der Waals surface area contributed by atoms with Crippen molar-refractivity contribution in [1.29, 1.82) is 0 Å². The van der Waals surface area contributed by atoms with E-state index in [1.807, 2.05) is 0 Å². The average Bonchev–Trinajstić information content (AvgIpc) is 3.07. The average molecular weight is 293 g/mol. The molecule has 1 aliphatic carbocycles. The molecule has 0 aromatic heterocycles. The minimum atomic E-state index is 0.134. The van der Waals surface area contributed by atoms with E-state index in [1.54, 1.807) is 12.1 Å². The molecular formula is C13H16Cl3N. The summed E-state index contributed by atoms with van der Waals surface area (Å²) < 4.78 is 0. The van der Waals surface area contributed by atoms with Crippen LogP contribution in [0.15, 0.2) is 12.1 Å². The van der Waals surface area contributed by atoms with Gasteiger partial charge in [0.15, 0.2) is 0 Å². The number of nitrogens with one attached hydrogen (secondary N) is 1. The van der Waals surface area contributed by atoms with E-state index in [2.05, 4.69) is 19.2 Å². The fourth-order valence-corrected chi connectivity index (χ4v) is 2.68. The van der Waals surface area contributed by atoms with Crippen LogP contribution in [0.1, 0.15) is 32.3 Å². The zero-order valence-corrected chi connectivity index (χ0v) is 12.3. The van der Waals surface area contributed by atoms with Crippen molar-refractivity contribution >= 4 is 34.8 Å². The first-order valence-electron chi connectivity index (χ1n) is 5.79. The van der Waals surface area contributed by atoms with Gasteiger partial charge < -0.3 is 5.32 Å². The first-order chi connectivity index (χ1) is 7.92. The topological polar surface area (TPSA) is 12.0 Å². The molecule has 0 radical (unpaired) electrons. The van der Waals surface area contributed by atoms with Crippen LogP contribution in [-0.4, -0.2) is 5.54 Å². The number of hydrogen-bond acceptors (Lipinski definition) is 1. The molecule has 0 bridgehead atoms. The maximum atomic E-state index is 6.17. The summed E-state index contributed by atoms with van der Waals surface area (Å²) in [5.41, 5.74) is 1.02. The van der Waals surface area contributed by atoms with Crippen LogP contribution < -0.4 is 5.32 Å². The van der Waals surface area contributed by atoms with E-state index >= 15 is 0 Å². The highest BCUT2D eigenvalue weighted by molar-refractivity contribution is 6.44. The van der Waals surface area contributed by atoms with E-state index in [-0.39, 0.29) is 5.54 Å². The smallest absolute Gasteiger partial charge is 0.0652 e. The van der Waals surface area contributed by atoms with Crippen molar-refractivity contribution in [2.24, 2.45) is 5.92 Å². The quantitative estimate of drug-likeness (QED) is 0.776. The molecule has 0 amide bonds. The third kappa shape index (κ3) is 3.08. The molecule has 0 unspecified atom stereocenters. The maximum Gasteiger partial charge on any atom is 0.0652 e. The van der Waals surface area contributed by atoms with Crippen LogP contribution in [0.4, 0.5) is 0 Å². The maximum absolute atomic E-state index is 6.17. The molecule has 1 N–H and O–H groups in total. The predicted octanol–water partition coefficient (Wildman–Crippen LogP) is 4.93. The molecule has 1 saturated carbocycles. The van der Waals surface area contributed by atoms with E-state index in [0.29, 0.717) is 21.6 Å². The fourth-order valence-electron chi connectivity index (χ4n) is 2.00. The van der Waals surface area contributed by atoms with Crippen molar-refractivity contribution in [2.75, 3.05) is 0 Å². The van der Waals surface area contributed by atoms with Crippen molar-refractivity contribution in [2.45, 2.75) is 38.8 Å². The highest BCUT2D eigenvalue weighted by Crippen LogP contribution is 2.40. The van der Waals surface area contributed by atoms with Gasteiger partial charge in [-0.2, -0.15) is 0 Å². The number of rotatable bonds is 4. The zero-order valence-electron chi connectivity index (χ0n) is 9.99. The summed E-state index contributed by atoms with van der Waals surface area (Å²) >= 11 is 18.3. The lowest BCUT2D eigenvalue weighted by atomic mass is 9.98. The molecule has 0 atom stereocenters. The van der Waals surface area contributed by atoms with Crippen LogP contribution in [0.2, 0.25) is 15.1 Å². The molecule has 1 aromatic rings. The summed E-state index contributed by atoms with van der Waals surface area (Å²) in [6.45, 7) is 5.09. The Morgan fingerprint density at radius 3 is 2.35 bits per heavy atom. The first-order valence-corrected chi connectivity index (χ1v) is 6.92. The molecule has 2 rings (SSSR count). The normalized spacial score (nSPS) is 16.3. The van der Waals surface area contributed by atoms with Crippen LogP contribution in [0.5, 0.6) is 0 Å². The molecule has 1 aromatic carbocycles. The minimum absolute atomic E-state index is 0.134. The highest BCUT2D eigenvalue weighted by atomic mass is 35.5. The Bertz CT molecular complexity index is 425. The number of hydrogen-bond donors (Lipinski definition) is 1. The Balaban J connectivity index is 2.11. The third-order valence-corrected chi connectivity index (χ3v) is 4.66. The largest absolute Gasteiger partial charge is 0.307 e. The monoisotopic (exact) mass is 291 g/mol. The van der Waals surface area contributed by atoms with Gasteiger partial charge in [-0.05, 0) is 44.7 Å². The Morgan fingerprint density at radius 1 is 1.18 bits per heavy atom. The van der Waals surface area contributed by atoms with Crippen molar-refractivity contribution in [3.05, 3.63) is 32.8 Å². The summed E-state index contributed by atoms with van der Waals surface area (Å²) in [5.74, 6) is 0.763. The Hall–Kier alpha value is 0.0500. The lowest BCUT2D eigenvalue weighted by molar-refractivity contribution is 0.339. The van der Waals surface area contributed by atoms with Crippen LogP contribution in [0.3, 0.4) is 0 Å². The molecule has 0 saturated heterocycles. The summed E-state index contributed by atoms with van der Waals surface area (Å²) in [7, 11) is 0. The third-order valence-electron chi connectivity index (χ3n) is 3.46. The second-order valence-corrected chi connectivity index (χ2v) is 6.36. The van der Waals surface area contributed by atoms with Gasteiger partial charge in [-0.15, -0.1) is 0 Å². The van der Waals surface area contributed by atoms with Gasteiger partial charge in [0, 0.05) is 22.7 Å². The van der Waals surface area contributed by atoms with E-state index in [4.69, 9.17) is 34.8 Å². The van der Waals surface area contributed by atoms with Crippen LogP contribution in [0, 0.1) is 5.92 Å². The predicted molar refractivity (Wildman–Crippen MR) is 75.1 cm³/mol. The molecule has 1 fully saturated rings. The molecule has 4 heteroatoms. The van der Waals surface area contributed by atoms with E-state index in [1.165, 1.54) is 12.8 Å². The van der Waals surface area contributed by atoms with E-state index in [0.717, 1.165) is 11.5 Å². The van der Waals surface area contributed by atoms with Gasteiger partial charge in [-0.1, -0.05) is 34.8 Å². The second-order valence-electron chi connectivity index (χ2n) is 5.17. The van der Waals surface area contributed by atoms with E-state index in [9.17, 15) is 0 Å². The van der Waals surface area contributed by atoms with Gasteiger partial charge in [-0.3, -0.25) is 0 Å². The van der Waals surface area contributed by atoms with Gasteiger partial charge >= 0.3 is 0 Å². The highest BCUT2D eigenvalue weighted by Gasteiger charge is 2.37. The molecule has 0 heterocycles. The Labute approximate surface area is 117 Å². The molecule has 17 heavy (non-hydrogen) atoms. The summed E-state index contributed by atoms with van der Waals surface area (Å²) in [6, 6.07) is 3.51. The molecule has 1 nitrogen and oxygen atoms in total. The Morgan fingerprint density at radius 2 is 1.76 bits per heavy atom. The van der Waals surface area contributed by atoms with Crippen molar-refractivity contribution in [3.63, 3.8) is 0 Å². The fraction of sp³-hybridized carbons (Fsp3) is 0.538. The molecule has 0 spiro atoms. The molecule has 1 aliphatic rings. The van der Waals surface area contributed by atoms with Crippen molar-refractivity contribution < 1.29 is 0 Å². The van der Waals surface area contributed by atoms with Crippen LogP contribution in [-0.2, 0) is 6.54 Å². The summed E-state index contributed by atoms with van der Waals surface area (Å²) in [4.78, 5) is 0. The van der Waals surface area contributed by atoms with Crippen LogP contribution in [0.25, 0.3) is 0 Å². The summed E-state index contributed by atoms with van der Waals surface area (Å²) in [6.07, 6.45) is 2.61. The van der Waals surface area contributed by atoms with Gasteiger partial charge in [0.25, 0.3) is 0 Å². The first kappa shape index (κ1) is 13.5. The Kier molecular flexibility index (Phi) is 3.94. The van der Waals surface area contributed by atoms with E-state index < -0.39 is 0 Å². The zero-order chi connectivity index (χ0) is 12.6. The SMILES string of the molecule is CC(C)(NCc1c(Cl)ccc(Cl)c1Cl)C1CC1.